The molecule has 2 aliphatic heterocycles. The van der Waals surface area contributed by atoms with Gasteiger partial charge in [0.25, 0.3) is 5.91 Å². The van der Waals surface area contributed by atoms with Gasteiger partial charge in [-0.15, -0.1) is 0 Å². The second-order valence-corrected chi connectivity index (χ2v) is 8.11. The second-order valence-electron chi connectivity index (χ2n) is 5.88. The third-order valence-electron chi connectivity index (χ3n) is 4.12. The standard InChI is InChI=1S/C14H20N4O3S/c19-14(17-11-4-7-22(20,21)10-11)12-8-16-13(9-15-12)18-5-2-1-3-6-18/h8-9,11H,1-7,10H2,(H,17,19). The normalized spacial score (nSPS) is 24.2. The summed E-state index contributed by atoms with van der Waals surface area (Å²) < 4.78 is 22.8. The zero-order valence-electron chi connectivity index (χ0n) is 12.4. The van der Waals surface area contributed by atoms with Gasteiger partial charge in [-0.25, -0.2) is 18.4 Å². The van der Waals surface area contributed by atoms with Gasteiger partial charge < -0.3 is 10.2 Å². The summed E-state index contributed by atoms with van der Waals surface area (Å²) in [5.41, 5.74) is 0.227. The van der Waals surface area contributed by atoms with E-state index >= 15 is 0 Å². The van der Waals surface area contributed by atoms with Crippen molar-refractivity contribution in [3.63, 3.8) is 0 Å². The topological polar surface area (TPSA) is 92.3 Å². The van der Waals surface area contributed by atoms with E-state index < -0.39 is 9.84 Å². The van der Waals surface area contributed by atoms with Crippen molar-refractivity contribution in [3.05, 3.63) is 18.1 Å². The van der Waals surface area contributed by atoms with Crippen LogP contribution in [0, 0.1) is 0 Å². The fourth-order valence-electron chi connectivity index (χ4n) is 2.89. The third kappa shape index (κ3) is 3.55. The summed E-state index contributed by atoms with van der Waals surface area (Å²) in [5, 5.41) is 2.72. The van der Waals surface area contributed by atoms with Crippen molar-refractivity contribution >= 4 is 21.6 Å². The first-order valence-electron chi connectivity index (χ1n) is 7.62. The van der Waals surface area contributed by atoms with E-state index in [1.54, 1.807) is 6.20 Å². The van der Waals surface area contributed by atoms with Crippen LogP contribution in [0.2, 0.25) is 0 Å². The number of hydrogen-bond donors (Lipinski definition) is 1. The molecular formula is C14H20N4O3S. The lowest BCUT2D eigenvalue weighted by Gasteiger charge is -2.27. The predicted molar refractivity (Wildman–Crippen MR) is 82.6 cm³/mol. The van der Waals surface area contributed by atoms with Crippen LogP contribution in [0.15, 0.2) is 12.4 Å². The van der Waals surface area contributed by atoms with Gasteiger partial charge in [-0.3, -0.25) is 4.79 Å². The van der Waals surface area contributed by atoms with E-state index in [9.17, 15) is 13.2 Å². The molecule has 2 fully saturated rings. The van der Waals surface area contributed by atoms with Crippen molar-refractivity contribution in [1.82, 2.24) is 15.3 Å². The van der Waals surface area contributed by atoms with Crippen LogP contribution < -0.4 is 10.2 Å². The van der Waals surface area contributed by atoms with Crippen LogP contribution in [0.25, 0.3) is 0 Å². The number of hydrogen-bond acceptors (Lipinski definition) is 6. The summed E-state index contributed by atoms with van der Waals surface area (Å²) in [6, 6.07) is -0.318. The number of nitrogens with zero attached hydrogens (tertiary/aromatic N) is 3. The van der Waals surface area contributed by atoms with Gasteiger partial charge in [-0.05, 0) is 25.7 Å². The molecule has 1 atom stereocenters. The number of anilines is 1. The highest BCUT2D eigenvalue weighted by Crippen LogP contribution is 2.16. The van der Waals surface area contributed by atoms with E-state index in [0.29, 0.717) is 6.42 Å². The molecule has 0 saturated carbocycles. The molecule has 1 aromatic heterocycles. The lowest BCUT2D eigenvalue weighted by atomic mass is 10.1. The van der Waals surface area contributed by atoms with Crippen molar-refractivity contribution in [2.24, 2.45) is 0 Å². The molecule has 0 radical (unpaired) electrons. The molecule has 2 aliphatic rings. The van der Waals surface area contributed by atoms with Gasteiger partial charge in [0.15, 0.2) is 9.84 Å². The molecule has 1 N–H and O–H groups in total. The van der Waals surface area contributed by atoms with Gasteiger partial charge in [-0.1, -0.05) is 0 Å². The zero-order chi connectivity index (χ0) is 15.6. The highest BCUT2D eigenvalue weighted by molar-refractivity contribution is 7.91. The number of aromatic nitrogens is 2. The Morgan fingerprint density at radius 2 is 1.95 bits per heavy atom. The SMILES string of the molecule is O=C(NC1CCS(=O)(=O)C1)c1cnc(N2CCCCC2)cn1. The number of carbonyl (C=O) groups is 1. The second kappa shape index (κ2) is 6.20. The monoisotopic (exact) mass is 324 g/mol. The average molecular weight is 324 g/mol. The van der Waals surface area contributed by atoms with Crippen LogP contribution >= 0.6 is 0 Å². The third-order valence-corrected chi connectivity index (χ3v) is 5.89. The first-order chi connectivity index (χ1) is 10.5. The minimum Gasteiger partial charge on any atom is -0.355 e. The molecule has 3 heterocycles. The molecule has 120 valence electrons. The molecule has 8 heteroatoms. The van der Waals surface area contributed by atoms with Gasteiger partial charge in [0.05, 0.1) is 23.9 Å². The van der Waals surface area contributed by atoms with Crippen molar-refractivity contribution < 1.29 is 13.2 Å². The Morgan fingerprint density at radius 3 is 2.55 bits per heavy atom. The average Bonchev–Trinajstić information content (AvgIpc) is 2.87. The minimum atomic E-state index is -3.00. The lowest BCUT2D eigenvalue weighted by Crippen LogP contribution is -2.36. The summed E-state index contributed by atoms with van der Waals surface area (Å²) >= 11 is 0. The Hall–Kier alpha value is -1.70. The number of amides is 1. The van der Waals surface area contributed by atoms with Crippen molar-refractivity contribution in [3.8, 4) is 0 Å². The van der Waals surface area contributed by atoms with E-state index in [1.807, 2.05) is 0 Å². The Labute approximate surface area is 130 Å². The van der Waals surface area contributed by atoms with Crippen molar-refractivity contribution in [1.29, 1.82) is 0 Å². The summed E-state index contributed by atoms with van der Waals surface area (Å²) in [5.74, 6) is 0.578. The number of piperidine rings is 1. The van der Waals surface area contributed by atoms with E-state index in [-0.39, 0.29) is 29.1 Å². The first kappa shape index (κ1) is 15.2. The van der Waals surface area contributed by atoms with E-state index in [0.717, 1.165) is 31.7 Å². The summed E-state index contributed by atoms with van der Waals surface area (Å²) in [6.45, 7) is 1.94. The van der Waals surface area contributed by atoms with Crippen molar-refractivity contribution in [2.45, 2.75) is 31.7 Å². The minimum absolute atomic E-state index is 0.0119. The van der Waals surface area contributed by atoms with E-state index in [4.69, 9.17) is 0 Å². The van der Waals surface area contributed by atoms with Crippen LogP contribution in [0.4, 0.5) is 5.82 Å². The van der Waals surface area contributed by atoms with Gasteiger partial charge in [-0.2, -0.15) is 0 Å². The number of carbonyl (C=O) groups excluding carboxylic acids is 1. The maximum absolute atomic E-state index is 12.1. The van der Waals surface area contributed by atoms with Gasteiger partial charge >= 0.3 is 0 Å². The molecular weight excluding hydrogens is 304 g/mol. The largest absolute Gasteiger partial charge is 0.355 e. The Morgan fingerprint density at radius 1 is 1.18 bits per heavy atom. The van der Waals surface area contributed by atoms with Crippen molar-refractivity contribution in [2.75, 3.05) is 29.5 Å². The molecule has 2 saturated heterocycles. The maximum Gasteiger partial charge on any atom is 0.271 e. The molecule has 22 heavy (non-hydrogen) atoms. The number of sulfone groups is 1. The number of rotatable bonds is 3. The fourth-order valence-corrected chi connectivity index (χ4v) is 4.57. The van der Waals surface area contributed by atoms with Crippen LogP contribution in [-0.2, 0) is 9.84 Å². The van der Waals surface area contributed by atoms with Gasteiger partial charge in [0.1, 0.15) is 11.5 Å². The molecule has 3 rings (SSSR count). The highest BCUT2D eigenvalue weighted by Gasteiger charge is 2.29. The van der Waals surface area contributed by atoms with Gasteiger partial charge in [0.2, 0.25) is 0 Å². The molecule has 1 amide bonds. The molecule has 0 aromatic carbocycles. The quantitative estimate of drug-likeness (QED) is 0.864. The first-order valence-corrected chi connectivity index (χ1v) is 9.44. The predicted octanol–water partition coefficient (Wildman–Crippen LogP) is 0.384. The number of nitrogens with one attached hydrogen (secondary N) is 1. The Kier molecular flexibility index (Phi) is 4.28. The molecule has 7 nitrogen and oxygen atoms in total. The van der Waals surface area contributed by atoms with Crippen LogP contribution in [0.1, 0.15) is 36.2 Å². The maximum atomic E-state index is 12.1. The van der Waals surface area contributed by atoms with Crippen LogP contribution in [0.5, 0.6) is 0 Å². The molecule has 0 bridgehead atoms. The molecule has 0 aliphatic carbocycles. The summed E-state index contributed by atoms with van der Waals surface area (Å²) in [7, 11) is -3.00. The lowest BCUT2D eigenvalue weighted by molar-refractivity contribution is 0.0935. The summed E-state index contributed by atoms with van der Waals surface area (Å²) in [6.07, 6.45) is 7.09. The highest BCUT2D eigenvalue weighted by atomic mass is 32.2. The smallest absolute Gasteiger partial charge is 0.271 e. The van der Waals surface area contributed by atoms with Crippen LogP contribution in [-0.4, -0.2) is 54.9 Å². The van der Waals surface area contributed by atoms with E-state index in [2.05, 4.69) is 20.2 Å². The summed E-state index contributed by atoms with van der Waals surface area (Å²) in [4.78, 5) is 22.7. The molecule has 1 unspecified atom stereocenters. The molecule has 0 spiro atoms. The Balaban J connectivity index is 1.61. The van der Waals surface area contributed by atoms with Crippen LogP contribution in [0.3, 0.4) is 0 Å². The van der Waals surface area contributed by atoms with Gasteiger partial charge in [0, 0.05) is 19.1 Å². The fraction of sp³-hybridized carbons (Fsp3) is 0.643. The zero-order valence-corrected chi connectivity index (χ0v) is 13.2. The Bertz CT molecular complexity index is 639. The van der Waals surface area contributed by atoms with E-state index in [1.165, 1.54) is 12.6 Å². The molecule has 1 aromatic rings.